The first-order valence-corrected chi connectivity index (χ1v) is 10.1. The van der Waals surface area contributed by atoms with Gasteiger partial charge in [0.15, 0.2) is 0 Å². The second-order valence-corrected chi connectivity index (χ2v) is 7.72. The van der Waals surface area contributed by atoms with Crippen molar-refractivity contribution in [2.24, 2.45) is 0 Å². The molecule has 0 radical (unpaired) electrons. The molecule has 1 fully saturated rings. The molecule has 0 amide bonds. The molecule has 156 valence electrons. The molecule has 1 aliphatic rings. The van der Waals surface area contributed by atoms with E-state index in [1.807, 2.05) is 37.3 Å². The van der Waals surface area contributed by atoms with Crippen molar-refractivity contribution in [3.05, 3.63) is 71.5 Å². The number of phenolic OH excluding ortho intramolecular Hbond substituents is 1. The summed E-state index contributed by atoms with van der Waals surface area (Å²) in [5.74, 6) is -0.718. The summed E-state index contributed by atoms with van der Waals surface area (Å²) in [7, 11) is 0. The summed E-state index contributed by atoms with van der Waals surface area (Å²) in [6.07, 6.45) is 2.46. The molecule has 4 rings (SSSR count). The fourth-order valence-corrected chi connectivity index (χ4v) is 4.17. The van der Waals surface area contributed by atoms with Crippen LogP contribution in [-0.2, 0) is 13.0 Å². The van der Waals surface area contributed by atoms with Gasteiger partial charge in [-0.2, -0.15) is 0 Å². The van der Waals surface area contributed by atoms with Crippen LogP contribution in [0.5, 0.6) is 5.75 Å². The van der Waals surface area contributed by atoms with E-state index in [4.69, 9.17) is 4.42 Å². The number of fused-ring (bicyclic) bond motifs is 1. The molecule has 30 heavy (non-hydrogen) atoms. The van der Waals surface area contributed by atoms with Crippen LogP contribution in [0.3, 0.4) is 0 Å². The van der Waals surface area contributed by atoms with E-state index in [-0.39, 0.29) is 5.76 Å². The van der Waals surface area contributed by atoms with Crippen LogP contribution >= 0.6 is 0 Å². The molecule has 1 aliphatic heterocycles. The highest BCUT2D eigenvalue weighted by atomic mass is 16.4. The molecule has 0 saturated carbocycles. The number of allylic oxidation sites excluding steroid dienone is 1. The molecule has 1 saturated heterocycles. The largest absolute Gasteiger partial charge is 0.507 e. The predicted octanol–water partition coefficient (Wildman–Crippen LogP) is 4.20. The van der Waals surface area contributed by atoms with Crippen molar-refractivity contribution in [2.45, 2.75) is 19.9 Å². The quantitative estimate of drug-likeness (QED) is 0.598. The Kier molecular flexibility index (Phi) is 5.50. The molecular formula is C24H26N2O4. The predicted molar refractivity (Wildman–Crippen MR) is 117 cm³/mol. The highest BCUT2D eigenvalue weighted by molar-refractivity contribution is 5.94. The molecule has 0 atom stereocenters. The molecule has 3 aromatic rings. The average Bonchev–Trinajstić information content (AvgIpc) is 3.18. The minimum atomic E-state index is -1.05. The maximum atomic E-state index is 11.2. The van der Waals surface area contributed by atoms with Crippen molar-refractivity contribution in [3.63, 3.8) is 0 Å². The first-order valence-electron chi connectivity index (χ1n) is 10.1. The van der Waals surface area contributed by atoms with Crippen molar-refractivity contribution in [1.29, 1.82) is 0 Å². The number of rotatable bonds is 6. The normalized spacial score (nSPS) is 14.9. The van der Waals surface area contributed by atoms with Crippen LogP contribution in [0.15, 0.2) is 53.5 Å². The number of carboxylic acids is 1. The summed E-state index contributed by atoms with van der Waals surface area (Å²) in [4.78, 5) is 15.9. The number of aromatic hydroxyl groups is 1. The number of para-hydroxylation sites is 1. The second kappa shape index (κ2) is 8.24. The zero-order valence-electron chi connectivity index (χ0n) is 17.1. The SMILES string of the molecule is C=CCc1cccc(CN2CCN(c3ccc4oc(C(=O)O)cc4c3C)CC2)c1O. The summed E-state index contributed by atoms with van der Waals surface area (Å²) in [5.41, 5.74) is 4.59. The molecule has 0 spiro atoms. The lowest BCUT2D eigenvalue weighted by Gasteiger charge is -2.37. The van der Waals surface area contributed by atoms with Crippen LogP contribution in [0.4, 0.5) is 5.69 Å². The Morgan fingerprint density at radius 1 is 1.17 bits per heavy atom. The van der Waals surface area contributed by atoms with Crippen molar-refractivity contribution in [1.82, 2.24) is 4.90 Å². The van der Waals surface area contributed by atoms with Crippen LogP contribution in [0, 0.1) is 6.92 Å². The zero-order chi connectivity index (χ0) is 21.3. The molecule has 0 aliphatic carbocycles. The fourth-order valence-electron chi connectivity index (χ4n) is 4.17. The number of hydrogen-bond acceptors (Lipinski definition) is 5. The number of benzene rings is 2. The van der Waals surface area contributed by atoms with Gasteiger partial charge in [-0.3, -0.25) is 4.90 Å². The minimum absolute atomic E-state index is 0.0337. The highest BCUT2D eigenvalue weighted by Gasteiger charge is 2.22. The molecule has 2 aromatic carbocycles. The van der Waals surface area contributed by atoms with Crippen LogP contribution in [0.1, 0.15) is 27.2 Å². The van der Waals surface area contributed by atoms with Crippen LogP contribution < -0.4 is 4.90 Å². The number of anilines is 1. The van der Waals surface area contributed by atoms with E-state index >= 15 is 0 Å². The third-order valence-corrected chi connectivity index (χ3v) is 5.83. The molecule has 6 nitrogen and oxygen atoms in total. The van der Waals surface area contributed by atoms with E-state index in [1.165, 1.54) is 0 Å². The van der Waals surface area contributed by atoms with E-state index in [0.29, 0.717) is 24.3 Å². The summed E-state index contributed by atoms with van der Waals surface area (Å²) >= 11 is 0. The van der Waals surface area contributed by atoms with Gasteiger partial charge in [-0.15, -0.1) is 6.58 Å². The zero-order valence-corrected chi connectivity index (χ0v) is 17.1. The molecule has 0 unspecified atom stereocenters. The fraction of sp³-hybridized carbons (Fsp3) is 0.292. The first-order chi connectivity index (χ1) is 14.5. The van der Waals surface area contributed by atoms with Gasteiger partial charge in [0, 0.05) is 49.4 Å². The van der Waals surface area contributed by atoms with Crippen molar-refractivity contribution >= 4 is 22.6 Å². The Labute approximate surface area is 175 Å². The standard InChI is InChI=1S/C24H26N2O4/c1-3-5-17-6-4-7-18(23(17)27)15-25-10-12-26(13-11-25)20-8-9-21-19(16(20)2)14-22(30-21)24(28)29/h3-4,6-9,14,27H,1,5,10-13,15H2,2H3,(H,28,29). The lowest BCUT2D eigenvalue weighted by atomic mass is 10.0. The summed E-state index contributed by atoms with van der Waals surface area (Å²) in [6.45, 7) is 9.97. The number of carboxylic acid groups (broad SMARTS) is 1. The van der Waals surface area contributed by atoms with Crippen LogP contribution in [0.25, 0.3) is 11.0 Å². The van der Waals surface area contributed by atoms with Gasteiger partial charge < -0.3 is 19.5 Å². The van der Waals surface area contributed by atoms with Gasteiger partial charge in [0.1, 0.15) is 11.3 Å². The van der Waals surface area contributed by atoms with Gasteiger partial charge in [0.25, 0.3) is 0 Å². The first kappa shape index (κ1) is 20.0. The second-order valence-electron chi connectivity index (χ2n) is 7.72. The smallest absolute Gasteiger partial charge is 0.371 e. The lowest BCUT2D eigenvalue weighted by molar-refractivity contribution is 0.0665. The Balaban J connectivity index is 1.46. The van der Waals surface area contributed by atoms with Gasteiger partial charge in [-0.1, -0.05) is 24.3 Å². The van der Waals surface area contributed by atoms with E-state index in [0.717, 1.165) is 53.9 Å². The van der Waals surface area contributed by atoms with Gasteiger partial charge in [-0.25, -0.2) is 4.79 Å². The van der Waals surface area contributed by atoms with Crippen LogP contribution in [-0.4, -0.2) is 47.3 Å². The van der Waals surface area contributed by atoms with Crippen molar-refractivity contribution in [3.8, 4) is 5.75 Å². The molecular weight excluding hydrogens is 380 g/mol. The number of carbonyl (C=O) groups is 1. The van der Waals surface area contributed by atoms with Crippen LogP contribution in [0.2, 0.25) is 0 Å². The summed E-state index contributed by atoms with van der Waals surface area (Å²) in [5, 5.41) is 20.5. The molecule has 0 bridgehead atoms. The lowest BCUT2D eigenvalue weighted by Crippen LogP contribution is -2.46. The van der Waals surface area contributed by atoms with E-state index in [1.54, 1.807) is 12.1 Å². The third-order valence-electron chi connectivity index (χ3n) is 5.83. The summed E-state index contributed by atoms with van der Waals surface area (Å²) in [6, 6.07) is 11.4. The van der Waals surface area contributed by atoms with Gasteiger partial charge in [-0.05, 0) is 42.7 Å². The molecule has 2 N–H and O–H groups in total. The minimum Gasteiger partial charge on any atom is -0.507 e. The van der Waals surface area contributed by atoms with E-state index < -0.39 is 5.97 Å². The Morgan fingerprint density at radius 2 is 1.90 bits per heavy atom. The van der Waals surface area contributed by atoms with E-state index in [9.17, 15) is 15.0 Å². The summed E-state index contributed by atoms with van der Waals surface area (Å²) < 4.78 is 5.42. The van der Waals surface area contributed by atoms with Gasteiger partial charge in [0.05, 0.1) is 0 Å². The number of aromatic carboxylic acids is 1. The average molecular weight is 406 g/mol. The van der Waals surface area contributed by atoms with Crippen molar-refractivity contribution < 1.29 is 19.4 Å². The Bertz CT molecular complexity index is 1090. The molecule has 6 heteroatoms. The maximum Gasteiger partial charge on any atom is 0.371 e. The van der Waals surface area contributed by atoms with Gasteiger partial charge >= 0.3 is 5.97 Å². The topological polar surface area (TPSA) is 77.2 Å². The number of furan rings is 1. The molecule has 2 heterocycles. The molecule has 1 aromatic heterocycles. The Hall–Kier alpha value is -3.25. The number of piperazine rings is 1. The van der Waals surface area contributed by atoms with E-state index in [2.05, 4.69) is 16.4 Å². The third kappa shape index (κ3) is 3.78. The monoisotopic (exact) mass is 406 g/mol. The maximum absolute atomic E-state index is 11.2. The Morgan fingerprint density at radius 3 is 2.60 bits per heavy atom. The number of phenols is 1. The van der Waals surface area contributed by atoms with Gasteiger partial charge in [0.2, 0.25) is 5.76 Å². The number of hydrogen-bond donors (Lipinski definition) is 2. The number of nitrogens with zero attached hydrogens (tertiary/aromatic N) is 2. The van der Waals surface area contributed by atoms with Crippen molar-refractivity contribution in [2.75, 3.05) is 31.1 Å². The highest BCUT2D eigenvalue weighted by Crippen LogP contribution is 2.32. The number of aryl methyl sites for hydroxylation is 1.